The van der Waals surface area contributed by atoms with Gasteiger partial charge in [-0.25, -0.2) is 0 Å². The molecule has 0 saturated carbocycles. The SMILES string of the molecule is CC(C)C(=O)NC[C@H](c1ccco1)[NH+]1CCOCC1. The first-order valence-corrected chi connectivity index (χ1v) is 6.92. The molecule has 106 valence electrons. The van der Waals surface area contributed by atoms with E-state index in [1.165, 1.54) is 4.90 Å². The first kappa shape index (κ1) is 14.1. The van der Waals surface area contributed by atoms with E-state index in [4.69, 9.17) is 9.15 Å². The second-order valence-corrected chi connectivity index (χ2v) is 5.24. The lowest BCUT2D eigenvalue weighted by Crippen LogP contribution is -3.15. The summed E-state index contributed by atoms with van der Waals surface area (Å²) in [6, 6.07) is 4.04. The highest BCUT2D eigenvalue weighted by Crippen LogP contribution is 2.10. The highest BCUT2D eigenvalue weighted by molar-refractivity contribution is 5.77. The Bertz CT molecular complexity index is 383. The Morgan fingerprint density at radius 2 is 2.16 bits per heavy atom. The monoisotopic (exact) mass is 267 g/mol. The normalized spacial score (nSPS) is 18.5. The summed E-state index contributed by atoms with van der Waals surface area (Å²) in [6.07, 6.45) is 1.69. The van der Waals surface area contributed by atoms with Gasteiger partial charge in [-0.05, 0) is 12.1 Å². The van der Waals surface area contributed by atoms with Crippen molar-refractivity contribution in [2.24, 2.45) is 5.92 Å². The average Bonchev–Trinajstić information content (AvgIpc) is 2.94. The molecule has 2 N–H and O–H groups in total. The maximum Gasteiger partial charge on any atom is 0.222 e. The molecule has 0 radical (unpaired) electrons. The van der Waals surface area contributed by atoms with Crippen molar-refractivity contribution in [2.45, 2.75) is 19.9 Å². The summed E-state index contributed by atoms with van der Waals surface area (Å²) >= 11 is 0. The van der Waals surface area contributed by atoms with Crippen LogP contribution in [0.1, 0.15) is 25.6 Å². The minimum atomic E-state index is 0.0111. The fourth-order valence-electron chi connectivity index (χ4n) is 2.32. The van der Waals surface area contributed by atoms with Crippen LogP contribution in [0.15, 0.2) is 22.8 Å². The van der Waals surface area contributed by atoms with Crippen molar-refractivity contribution in [3.63, 3.8) is 0 Å². The second-order valence-electron chi connectivity index (χ2n) is 5.24. The van der Waals surface area contributed by atoms with Crippen molar-refractivity contribution < 1.29 is 18.8 Å². The Kier molecular flexibility index (Phi) is 4.99. The summed E-state index contributed by atoms with van der Waals surface area (Å²) in [5.41, 5.74) is 0. The molecule has 1 fully saturated rings. The summed E-state index contributed by atoms with van der Waals surface area (Å²) in [5, 5.41) is 3.01. The quantitative estimate of drug-likeness (QED) is 0.790. The van der Waals surface area contributed by atoms with E-state index in [0.29, 0.717) is 6.54 Å². The first-order valence-electron chi connectivity index (χ1n) is 6.92. The van der Waals surface area contributed by atoms with Crippen LogP contribution in [-0.4, -0.2) is 38.8 Å². The van der Waals surface area contributed by atoms with E-state index in [9.17, 15) is 4.79 Å². The molecule has 5 nitrogen and oxygen atoms in total. The number of morpholine rings is 1. The molecule has 0 aliphatic carbocycles. The lowest BCUT2D eigenvalue weighted by molar-refractivity contribution is -0.938. The van der Waals surface area contributed by atoms with Gasteiger partial charge in [-0.2, -0.15) is 0 Å². The highest BCUT2D eigenvalue weighted by Gasteiger charge is 2.29. The second kappa shape index (κ2) is 6.73. The Labute approximate surface area is 113 Å². The van der Waals surface area contributed by atoms with Crippen molar-refractivity contribution in [3.05, 3.63) is 24.2 Å². The average molecular weight is 267 g/mol. The third-order valence-corrected chi connectivity index (χ3v) is 3.52. The number of ether oxygens (including phenoxy) is 1. The fourth-order valence-corrected chi connectivity index (χ4v) is 2.32. The van der Waals surface area contributed by atoms with Crippen LogP contribution in [0.2, 0.25) is 0 Å². The van der Waals surface area contributed by atoms with Crippen LogP contribution in [0, 0.1) is 5.92 Å². The highest BCUT2D eigenvalue weighted by atomic mass is 16.5. The number of rotatable bonds is 5. The van der Waals surface area contributed by atoms with E-state index in [1.807, 2.05) is 26.0 Å². The van der Waals surface area contributed by atoms with E-state index >= 15 is 0 Å². The van der Waals surface area contributed by atoms with E-state index in [1.54, 1.807) is 6.26 Å². The first-order chi connectivity index (χ1) is 9.18. The summed E-state index contributed by atoms with van der Waals surface area (Å²) in [6.45, 7) is 7.85. The molecule has 19 heavy (non-hydrogen) atoms. The molecule has 1 aliphatic heterocycles. The molecule has 1 saturated heterocycles. The molecule has 1 aliphatic rings. The largest absolute Gasteiger partial charge is 0.463 e. The molecule has 0 bridgehead atoms. The van der Waals surface area contributed by atoms with Gasteiger partial charge in [0.15, 0.2) is 11.8 Å². The number of carbonyl (C=O) groups excluding carboxylic acids is 1. The molecule has 1 aromatic heterocycles. The zero-order chi connectivity index (χ0) is 13.7. The van der Waals surface area contributed by atoms with Gasteiger partial charge in [0.05, 0.1) is 26.0 Å². The minimum Gasteiger partial charge on any atom is -0.463 e. The molecule has 1 amide bonds. The fraction of sp³-hybridized carbons (Fsp3) is 0.643. The number of hydrogen-bond donors (Lipinski definition) is 2. The molecule has 1 atom stereocenters. The van der Waals surface area contributed by atoms with Crippen LogP contribution < -0.4 is 10.2 Å². The van der Waals surface area contributed by atoms with Gasteiger partial charge in [0.1, 0.15) is 13.1 Å². The van der Waals surface area contributed by atoms with Crippen molar-refractivity contribution in [3.8, 4) is 0 Å². The number of nitrogens with one attached hydrogen (secondary N) is 2. The van der Waals surface area contributed by atoms with E-state index in [0.717, 1.165) is 32.1 Å². The maximum atomic E-state index is 11.7. The molecule has 0 spiro atoms. The summed E-state index contributed by atoms with van der Waals surface area (Å²) < 4.78 is 10.9. The van der Waals surface area contributed by atoms with Crippen molar-refractivity contribution in [1.29, 1.82) is 0 Å². The van der Waals surface area contributed by atoms with Crippen molar-refractivity contribution >= 4 is 5.91 Å². The van der Waals surface area contributed by atoms with Crippen molar-refractivity contribution in [1.82, 2.24) is 5.32 Å². The maximum absolute atomic E-state index is 11.7. The lowest BCUT2D eigenvalue weighted by atomic mass is 10.1. The Morgan fingerprint density at radius 3 is 2.74 bits per heavy atom. The molecular weight excluding hydrogens is 244 g/mol. The summed E-state index contributed by atoms with van der Waals surface area (Å²) in [5.74, 6) is 1.03. The molecule has 5 heteroatoms. The smallest absolute Gasteiger partial charge is 0.222 e. The van der Waals surface area contributed by atoms with Crippen LogP contribution in [0.3, 0.4) is 0 Å². The Hall–Kier alpha value is -1.33. The predicted octanol–water partition coefficient (Wildman–Crippen LogP) is 0.00800. The van der Waals surface area contributed by atoms with Crippen LogP contribution in [0.4, 0.5) is 0 Å². The number of amides is 1. The standard InChI is InChI=1S/C14H22N2O3/c1-11(2)14(17)15-10-12(13-4-3-7-19-13)16-5-8-18-9-6-16/h3-4,7,11-12H,5-6,8-10H2,1-2H3,(H,15,17)/p+1/t12-/m1/s1. The third-order valence-electron chi connectivity index (χ3n) is 3.52. The van der Waals surface area contributed by atoms with Crippen LogP contribution in [-0.2, 0) is 9.53 Å². The molecule has 0 aromatic carbocycles. The summed E-state index contributed by atoms with van der Waals surface area (Å²) in [4.78, 5) is 13.1. The predicted molar refractivity (Wildman–Crippen MR) is 70.8 cm³/mol. The van der Waals surface area contributed by atoms with Gasteiger partial charge in [0, 0.05) is 5.92 Å². The zero-order valence-corrected chi connectivity index (χ0v) is 11.6. The topological polar surface area (TPSA) is 55.9 Å². The number of furan rings is 1. The van der Waals surface area contributed by atoms with Crippen LogP contribution in [0.5, 0.6) is 0 Å². The van der Waals surface area contributed by atoms with Gasteiger partial charge in [-0.3, -0.25) is 4.79 Å². The Morgan fingerprint density at radius 1 is 1.42 bits per heavy atom. The number of hydrogen-bond acceptors (Lipinski definition) is 3. The molecule has 2 rings (SSSR count). The van der Waals surface area contributed by atoms with E-state index < -0.39 is 0 Å². The van der Waals surface area contributed by atoms with Gasteiger partial charge in [0.25, 0.3) is 0 Å². The van der Waals surface area contributed by atoms with Gasteiger partial charge < -0.3 is 19.4 Å². The number of quaternary nitrogens is 1. The third kappa shape index (κ3) is 3.81. The minimum absolute atomic E-state index is 0.0111. The zero-order valence-electron chi connectivity index (χ0n) is 11.6. The van der Waals surface area contributed by atoms with Crippen molar-refractivity contribution in [2.75, 3.05) is 32.8 Å². The van der Waals surface area contributed by atoms with Crippen LogP contribution >= 0.6 is 0 Å². The molecule has 2 heterocycles. The van der Waals surface area contributed by atoms with Gasteiger partial charge >= 0.3 is 0 Å². The van der Waals surface area contributed by atoms with Gasteiger partial charge in [-0.15, -0.1) is 0 Å². The number of carbonyl (C=O) groups is 1. The van der Waals surface area contributed by atoms with Gasteiger partial charge in [-0.1, -0.05) is 13.8 Å². The summed E-state index contributed by atoms with van der Waals surface area (Å²) in [7, 11) is 0. The van der Waals surface area contributed by atoms with Crippen LogP contribution in [0.25, 0.3) is 0 Å². The molecular formula is C14H23N2O3+. The van der Waals surface area contributed by atoms with E-state index in [-0.39, 0.29) is 17.9 Å². The molecule has 1 aromatic rings. The van der Waals surface area contributed by atoms with Gasteiger partial charge in [0.2, 0.25) is 5.91 Å². The lowest BCUT2D eigenvalue weighted by Gasteiger charge is -2.30. The van der Waals surface area contributed by atoms with E-state index in [2.05, 4.69) is 5.32 Å². The molecule has 0 unspecified atom stereocenters. The Balaban J connectivity index is 2.00.